The van der Waals surface area contributed by atoms with Crippen molar-refractivity contribution in [2.75, 3.05) is 5.73 Å². The molecule has 0 fully saturated rings. The lowest BCUT2D eigenvalue weighted by atomic mass is 9.87. The molecule has 0 bridgehead atoms. The van der Waals surface area contributed by atoms with Crippen LogP contribution >= 0.6 is 0 Å². The first-order valence-corrected chi connectivity index (χ1v) is 6.37. The van der Waals surface area contributed by atoms with Gasteiger partial charge in [-0.05, 0) is 25.5 Å². The highest BCUT2D eigenvalue weighted by Crippen LogP contribution is 2.28. The van der Waals surface area contributed by atoms with E-state index in [9.17, 15) is 0 Å². The predicted octanol–water partition coefficient (Wildman–Crippen LogP) is 3.45. The summed E-state index contributed by atoms with van der Waals surface area (Å²) in [5.41, 5.74) is 9.41. The molecule has 0 aliphatic rings. The summed E-state index contributed by atoms with van der Waals surface area (Å²) in [6.07, 6.45) is 1.04. The van der Waals surface area contributed by atoms with Gasteiger partial charge < -0.3 is 5.73 Å². The summed E-state index contributed by atoms with van der Waals surface area (Å²) < 4.78 is 1.81. The first-order chi connectivity index (χ1) is 8.44. The van der Waals surface area contributed by atoms with Crippen LogP contribution in [0.3, 0.4) is 0 Å². The Morgan fingerprint density at radius 1 is 1.22 bits per heavy atom. The van der Waals surface area contributed by atoms with E-state index in [4.69, 9.17) is 5.73 Å². The largest absolute Gasteiger partial charge is 0.384 e. The molecular formula is C15H21N3. The summed E-state index contributed by atoms with van der Waals surface area (Å²) >= 11 is 0. The van der Waals surface area contributed by atoms with E-state index in [1.165, 1.54) is 5.56 Å². The molecular weight excluding hydrogens is 222 g/mol. The van der Waals surface area contributed by atoms with Crippen molar-refractivity contribution in [1.82, 2.24) is 9.78 Å². The molecule has 96 valence electrons. The second kappa shape index (κ2) is 4.48. The average molecular weight is 243 g/mol. The van der Waals surface area contributed by atoms with Gasteiger partial charge in [0, 0.05) is 11.5 Å². The molecule has 1 aromatic heterocycles. The van der Waals surface area contributed by atoms with E-state index in [0.29, 0.717) is 5.82 Å². The molecule has 1 aromatic carbocycles. The highest BCUT2D eigenvalue weighted by Gasteiger charge is 2.22. The van der Waals surface area contributed by atoms with Crippen molar-refractivity contribution in [3.63, 3.8) is 0 Å². The third-order valence-corrected chi connectivity index (χ3v) is 3.59. The zero-order valence-corrected chi connectivity index (χ0v) is 11.6. The second-order valence-corrected chi connectivity index (χ2v) is 5.44. The summed E-state index contributed by atoms with van der Waals surface area (Å²) in [4.78, 5) is 0. The molecule has 0 amide bonds. The van der Waals surface area contributed by atoms with Gasteiger partial charge in [0.05, 0.1) is 11.4 Å². The lowest BCUT2D eigenvalue weighted by Crippen LogP contribution is -2.16. The molecule has 1 heterocycles. The quantitative estimate of drug-likeness (QED) is 0.897. The van der Waals surface area contributed by atoms with Crippen molar-refractivity contribution >= 4 is 5.82 Å². The zero-order valence-electron chi connectivity index (χ0n) is 11.6. The molecule has 0 aliphatic heterocycles. The summed E-state index contributed by atoms with van der Waals surface area (Å²) in [5, 5.41) is 4.64. The van der Waals surface area contributed by atoms with Crippen LogP contribution in [0.2, 0.25) is 0 Å². The minimum Gasteiger partial charge on any atom is -0.384 e. The van der Waals surface area contributed by atoms with E-state index in [2.05, 4.69) is 44.9 Å². The number of aromatic nitrogens is 2. The molecule has 2 aromatic rings. The van der Waals surface area contributed by atoms with E-state index >= 15 is 0 Å². The monoisotopic (exact) mass is 243 g/mol. The fraction of sp³-hybridized carbons (Fsp3) is 0.400. The van der Waals surface area contributed by atoms with Gasteiger partial charge in [-0.2, -0.15) is 5.10 Å². The van der Waals surface area contributed by atoms with Crippen molar-refractivity contribution in [3.05, 3.63) is 41.6 Å². The van der Waals surface area contributed by atoms with Crippen LogP contribution in [0.4, 0.5) is 5.82 Å². The number of benzene rings is 1. The Kier molecular flexibility index (Phi) is 3.16. The summed E-state index contributed by atoms with van der Waals surface area (Å²) in [5.74, 6) is 0.690. The van der Waals surface area contributed by atoms with Crippen LogP contribution < -0.4 is 5.73 Å². The lowest BCUT2D eigenvalue weighted by Gasteiger charge is -2.19. The van der Waals surface area contributed by atoms with Gasteiger partial charge in [0.2, 0.25) is 0 Å². The fourth-order valence-corrected chi connectivity index (χ4v) is 1.80. The molecule has 0 unspecified atom stereocenters. The van der Waals surface area contributed by atoms with Gasteiger partial charge in [-0.1, -0.05) is 38.5 Å². The third-order valence-electron chi connectivity index (χ3n) is 3.59. The second-order valence-electron chi connectivity index (χ2n) is 5.44. The number of nitrogen functional groups attached to an aromatic ring is 1. The zero-order chi connectivity index (χ0) is 13.3. The average Bonchev–Trinajstić information content (AvgIpc) is 2.73. The van der Waals surface area contributed by atoms with E-state index in [1.807, 2.05) is 22.9 Å². The number of nitrogens with two attached hydrogens (primary N) is 1. The number of anilines is 1. The van der Waals surface area contributed by atoms with Gasteiger partial charge in [-0.15, -0.1) is 0 Å². The van der Waals surface area contributed by atoms with Crippen LogP contribution in [0.1, 0.15) is 38.4 Å². The number of hydrogen-bond donors (Lipinski definition) is 1. The number of aryl methyl sites for hydroxylation is 1. The van der Waals surface area contributed by atoms with E-state index < -0.39 is 0 Å². The summed E-state index contributed by atoms with van der Waals surface area (Å²) in [6.45, 7) is 8.62. The third kappa shape index (κ3) is 2.26. The molecule has 0 aliphatic carbocycles. The highest BCUT2D eigenvalue weighted by molar-refractivity contribution is 5.44. The first-order valence-electron chi connectivity index (χ1n) is 6.37. The van der Waals surface area contributed by atoms with E-state index in [-0.39, 0.29) is 5.41 Å². The maximum absolute atomic E-state index is 6.06. The van der Waals surface area contributed by atoms with Crippen molar-refractivity contribution in [1.29, 1.82) is 0 Å². The molecule has 0 atom stereocenters. The lowest BCUT2D eigenvalue weighted by molar-refractivity contribution is 0.485. The molecule has 2 rings (SSSR count). The number of nitrogens with zero attached hydrogens (tertiary/aromatic N) is 2. The fourth-order valence-electron chi connectivity index (χ4n) is 1.80. The molecule has 0 spiro atoms. The van der Waals surface area contributed by atoms with Crippen LogP contribution in [-0.4, -0.2) is 9.78 Å². The Morgan fingerprint density at radius 3 is 2.39 bits per heavy atom. The Hall–Kier alpha value is -1.77. The van der Waals surface area contributed by atoms with Gasteiger partial charge in [0.15, 0.2) is 0 Å². The normalized spacial score (nSPS) is 11.8. The minimum absolute atomic E-state index is 0.0596. The van der Waals surface area contributed by atoms with Crippen molar-refractivity contribution in [2.24, 2.45) is 0 Å². The smallest absolute Gasteiger partial charge is 0.127 e. The SMILES string of the molecule is CCC(C)(C)c1cc(N)n(-c2ccc(C)cc2)n1. The van der Waals surface area contributed by atoms with Crippen molar-refractivity contribution in [2.45, 2.75) is 39.5 Å². The Morgan fingerprint density at radius 2 is 1.83 bits per heavy atom. The molecule has 0 saturated heterocycles. The molecule has 3 heteroatoms. The minimum atomic E-state index is 0.0596. The van der Waals surface area contributed by atoms with Crippen LogP contribution in [0.5, 0.6) is 0 Å². The Labute approximate surface area is 109 Å². The van der Waals surface area contributed by atoms with E-state index in [1.54, 1.807) is 0 Å². The van der Waals surface area contributed by atoms with Crippen molar-refractivity contribution < 1.29 is 0 Å². The maximum Gasteiger partial charge on any atom is 0.127 e. The molecule has 0 saturated carbocycles. The van der Waals surface area contributed by atoms with Crippen molar-refractivity contribution in [3.8, 4) is 5.69 Å². The highest BCUT2D eigenvalue weighted by atomic mass is 15.3. The van der Waals surface area contributed by atoms with Gasteiger partial charge in [0.25, 0.3) is 0 Å². The Bertz CT molecular complexity index is 535. The van der Waals surface area contributed by atoms with Gasteiger partial charge in [-0.3, -0.25) is 0 Å². The standard InChI is InChI=1S/C15H21N3/c1-5-15(3,4)13-10-14(16)18(17-13)12-8-6-11(2)7-9-12/h6-10H,5,16H2,1-4H3. The predicted molar refractivity (Wildman–Crippen MR) is 76.0 cm³/mol. The molecule has 18 heavy (non-hydrogen) atoms. The topological polar surface area (TPSA) is 43.8 Å². The van der Waals surface area contributed by atoms with Crippen LogP contribution in [0.25, 0.3) is 5.69 Å². The summed E-state index contributed by atoms with van der Waals surface area (Å²) in [6, 6.07) is 10.2. The first kappa shape index (κ1) is 12.7. The molecule has 2 N–H and O–H groups in total. The maximum atomic E-state index is 6.06. The number of hydrogen-bond acceptors (Lipinski definition) is 2. The summed E-state index contributed by atoms with van der Waals surface area (Å²) in [7, 11) is 0. The van der Waals surface area contributed by atoms with Crippen LogP contribution in [0.15, 0.2) is 30.3 Å². The molecule has 3 nitrogen and oxygen atoms in total. The van der Waals surface area contributed by atoms with Gasteiger partial charge >= 0.3 is 0 Å². The van der Waals surface area contributed by atoms with Crippen LogP contribution in [0, 0.1) is 6.92 Å². The van der Waals surface area contributed by atoms with E-state index in [0.717, 1.165) is 17.8 Å². The Balaban J connectivity index is 2.44. The number of rotatable bonds is 3. The van der Waals surface area contributed by atoms with Gasteiger partial charge in [0.1, 0.15) is 5.82 Å². The molecule has 0 radical (unpaired) electrons. The van der Waals surface area contributed by atoms with Gasteiger partial charge in [-0.25, -0.2) is 4.68 Å². The van der Waals surface area contributed by atoms with Crippen LogP contribution in [-0.2, 0) is 5.41 Å².